The van der Waals surface area contributed by atoms with Gasteiger partial charge in [-0.1, -0.05) is 29.3 Å². The van der Waals surface area contributed by atoms with Crippen LogP contribution in [0.2, 0.25) is 10.0 Å². The molecule has 0 radical (unpaired) electrons. The van der Waals surface area contributed by atoms with E-state index < -0.39 is 39.7 Å². The van der Waals surface area contributed by atoms with E-state index in [4.69, 9.17) is 28.1 Å². The van der Waals surface area contributed by atoms with E-state index >= 15 is 0 Å². The molecule has 0 aromatic heterocycles. The van der Waals surface area contributed by atoms with Gasteiger partial charge in [-0.2, -0.15) is 18.1 Å². The molecule has 0 heterocycles. The summed E-state index contributed by atoms with van der Waals surface area (Å²) >= 11 is 11.3. The van der Waals surface area contributed by atoms with Gasteiger partial charge in [-0.25, -0.2) is 8.42 Å². The van der Waals surface area contributed by atoms with E-state index in [1.54, 1.807) is 0 Å². The highest BCUT2D eigenvalue weighted by atomic mass is 35.5. The average molecular weight is 447 g/mol. The van der Waals surface area contributed by atoms with Gasteiger partial charge in [-0.15, -0.1) is 0 Å². The monoisotopic (exact) mass is 446 g/mol. The van der Waals surface area contributed by atoms with Crippen molar-refractivity contribution >= 4 is 46.9 Å². The van der Waals surface area contributed by atoms with Crippen molar-refractivity contribution in [1.82, 2.24) is 0 Å². The maximum atomic E-state index is 12.9. The summed E-state index contributed by atoms with van der Waals surface area (Å²) in [7, 11) is -7.05. The van der Waals surface area contributed by atoms with Crippen LogP contribution in [0.25, 0.3) is 0 Å². The molecule has 0 aliphatic rings. The minimum Gasteiger partial charge on any atom is -0.279 e. The number of benzene rings is 2. The van der Waals surface area contributed by atoms with Crippen LogP contribution in [0.5, 0.6) is 0 Å². The Balaban J connectivity index is 2.47. The maximum absolute atomic E-state index is 12.9. The Morgan fingerprint density at radius 2 is 1.77 bits per heavy atom. The first kappa shape index (κ1) is 20.9. The summed E-state index contributed by atoms with van der Waals surface area (Å²) in [5, 5.41) is -0.510. The van der Waals surface area contributed by atoms with Crippen molar-refractivity contribution < 1.29 is 31.0 Å². The van der Waals surface area contributed by atoms with Gasteiger partial charge in [0.2, 0.25) is 6.16 Å². The molecule has 0 aliphatic heterocycles. The van der Waals surface area contributed by atoms with Gasteiger partial charge in [0.05, 0.1) is 21.2 Å². The second kappa shape index (κ2) is 7.70. The van der Waals surface area contributed by atoms with Crippen LogP contribution in [0.4, 0.5) is 18.9 Å². The molecule has 0 spiro atoms. The van der Waals surface area contributed by atoms with Crippen LogP contribution in [0, 0.1) is 0 Å². The second-order valence-corrected chi connectivity index (χ2v) is 8.60. The zero-order chi connectivity index (χ0) is 19.7. The van der Waals surface area contributed by atoms with Crippen LogP contribution < -0.4 is 4.72 Å². The molecule has 1 atom stereocenters. The van der Waals surface area contributed by atoms with Gasteiger partial charge >= 0.3 is 14.2 Å². The van der Waals surface area contributed by atoms with E-state index in [1.165, 1.54) is 18.2 Å². The number of anilines is 1. The Bertz CT molecular complexity index is 967. The molecule has 1 unspecified atom stereocenters. The highest BCUT2D eigenvalue weighted by molar-refractivity contribution is 7.92. The highest BCUT2D eigenvalue weighted by Gasteiger charge is 2.34. The summed E-state index contributed by atoms with van der Waals surface area (Å²) in [4.78, 5) is 8.36. The van der Waals surface area contributed by atoms with Gasteiger partial charge in [0.25, 0.3) is 10.0 Å². The SMILES string of the molecule is O=[P+](O)Cc1ccc(Cl)cc1NS(=O)(=O)c1ccc(Cl)c(C(F)(F)F)c1. The molecule has 5 nitrogen and oxygen atoms in total. The number of hydrogen-bond acceptors (Lipinski definition) is 3. The molecule has 2 aromatic rings. The topological polar surface area (TPSA) is 83.5 Å². The first-order valence-electron chi connectivity index (χ1n) is 6.71. The van der Waals surface area contributed by atoms with Crippen LogP contribution in [-0.4, -0.2) is 13.3 Å². The van der Waals surface area contributed by atoms with Gasteiger partial charge in [-0.3, -0.25) is 4.72 Å². The quantitative estimate of drug-likeness (QED) is 0.629. The predicted octanol–water partition coefficient (Wildman–Crippen LogP) is 5.05. The van der Waals surface area contributed by atoms with Crippen molar-refractivity contribution in [2.45, 2.75) is 17.2 Å². The highest BCUT2D eigenvalue weighted by Crippen LogP contribution is 2.36. The van der Waals surface area contributed by atoms with Gasteiger partial charge in [0, 0.05) is 10.6 Å². The molecular weight excluding hydrogens is 437 g/mol. The van der Waals surface area contributed by atoms with Crippen molar-refractivity contribution in [2.24, 2.45) is 0 Å². The minimum absolute atomic E-state index is 0.113. The molecule has 140 valence electrons. The van der Waals surface area contributed by atoms with Gasteiger partial charge < -0.3 is 0 Å². The number of alkyl halides is 3. The summed E-state index contributed by atoms with van der Waals surface area (Å²) in [6.07, 6.45) is -5.20. The number of halogens is 5. The molecule has 0 aliphatic carbocycles. The fourth-order valence-electron chi connectivity index (χ4n) is 2.02. The van der Waals surface area contributed by atoms with Crippen LogP contribution in [-0.2, 0) is 26.9 Å². The van der Waals surface area contributed by atoms with Crippen molar-refractivity contribution in [3.63, 3.8) is 0 Å². The van der Waals surface area contributed by atoms with Crippen molar-refractivity contribution in [1.29, 1.82) is 0 Å². The zero-order valence-electron chi connectivity index (χ0n) is 12.6. The van der Waals surface area contributed by atoms with E-state index in [-0.39, 0.29) is 22.4 Å². The molecule has 26 heavy (non-hydrogen) atoms. The zero-order valence-corrected chi connectivity index (χ0v) is 15.8. The Labute approximate surface area is 157 Å². The lowest BCUT2D eigenvalue weighted by Gasteiger charge is -2.14. The van der Waals surface area contributed by atoms with Crippen molar-refractivity contribution in [3.8, 4) is 0 Å². The third-order valence-corrected chi connectivity index (χ3v) is 5.71. The standard InChI is InChI=1S/C14H9Cl2F3NO4PS/c15-9-2-1-8(7-25(21)22)13(5-9)20-26(23,24)10-3-4-12(16)11(6-10)14(17,18)19/h1-6,20H,7H2/p+1. The van der Waals surface area contributed by atoms with Gasteiger partial charge in [0.1, 0.15) is 0 Å². The normalized spacial score (nSPS) is 12.8. The van der Waals surface area contributed by atoms with E-state index in [2.05, 4.69) is 4.72 Å². The molecule has 12 heteroatoms. The third kappa shape index (κ3) is 5.08. The predicted molar refractivity (Wildman–Crippen MR) is 92.2 cm³/mol. The lowest BCUT2D eigenvalue weighted by molar-refractivity contribution is -0.137. The number of nitrogens with one attached hydrogen (secondary N) is 1. The molecule has 2 rings (SSSR count). The Kier molecular flexibility index (Phi) is 6.20. The third-order valence-electron chi connectivity index (χ3n) is 3.18. The first-order chi connectivity index (χ1) is 11.9. The summed E-state index contributed by atoms with van der Waals surface area (Å²) in [6.45, 7) is 0. The van der Waals surface area contributed by atoms with E-state index in [0.717, 1.165) is 12.1 Å². The molecule has 0 saturated heterocycles. The van der Waals surface area contributed by atoms with Crippen LogP contribution in [0.1, 0.15) is 11.1 Å². The van der Waals surface area contributed by atoms with Gasteiger partial charge in [0.15, 0.2) is 0 Å². The minimum atomic E-state index is -4.83. The van der Waals surface area contributed by atoms with E-state index in [0.29, 0.717) is 6.07 Å². The Hall–Kier alpha value is -1.38. The summed E-state index contributed by atoms with van der Waals surface area (Å²) in [5.41, 5.74) is -1.25. The van der Waals surface area contributed by atoms with Crippen LogP contribution >= 0.6 is 31.2 Å². The fraction of sp³-hybridized carbons (Fsp3) is 0.143. The first-order valence-corrected chi connectivity index (χ1v) is 10.4. The average Bonchev–Trinajstić information content (AvgIpc) is 2.48. The van der Waals surface area contributed by atoms with Crippen molar-refractivity contribution in [3.05, 3.63) is 57.6 Å². The number of hydrogen-bond donors (Lipinski definition) is 2. The molecule has 0 saturated carbocycles. The molecule has 0 bridgehead atoms. The summed E-state index contributed by atoms with van der Waals surface area (Å²) in [5.74, 6) is 0. The smallest absolute Gasteiger partial charge is 0.279 e. The summed E-state index contributed by atoms with van der Waals surface area (Å²) < 4.78 is 76.8. The van der Waals surface area contributed by atoms with E-state index in [9.17, 15) is 26.2 Å². The maximum Gasteiger partial charge on any atom is 0.510 e. The largest absolute Gasteiger partial charge is 0.510 e. The fourth-order valence-corrected chi connectivity index (χ4v) is 4.10. The lowest BCUT2D eigenvalue weighted by Crippen LogP contribution is -2.16. The molecule has 2 aromatic carbocycles. The van der Waals surface area contributed by atoms with E-state index in [1.807, 2.05) is 0 Å². The van der Waals surface area contributed by atoms with Crippen LogP contribution in [0.3, 0.4) is 0 Å². The number of sulfonamides is 1. The molecule has 0 fully saturated rings. The van der Waals surface area contributed by atoms with Gasteiger partial charge in [-0.05, 0) is 34.9 Å². The van der Waals surface area contributed by atoms with Crippen molar-refractivity contribution in [2.75, 3.05) is 4.72 Å². The Morgan fingerprint density at radius 1 is 1.12 bits per heavy atom. The molecular formula is C14H10Cl2F3NO4PS+. The molecule has 2 N–H and O–H groups in total. The second-order valence-electron chi connectivity index (χ2n) is 5.06. The molecule has 0 amide bonds. The summed E-state index contributed by atoms with van der Waals surface area (Å²) in [6, 6.07) is 6.05. The Morgan fingerprint density at radius 3 is 2.35 bits per heavy atom. The number of rotatable bonds is 5. The van der Waals surface area contributed by atoms with Crippen LogP contribution in [0.15, 0.2) is 41.3 Å². The lowest BCUT2D eigenvalue weighted by atomic mass is 10.2.